The van der Waals surface area contributed by atoms with Crippen LogP contribution in [0.2, 0.25) is 0 Å². The molecule has 0 spiro atoms. The summed E-state index contributed by atoms with van der Waals surface area (Å²) in [5, 5.41) is 0. The third kappa shape index (κ3) is 3.37. The number of amides is 1. The lowest BCUT2D eigenvalue weighted by atomic mass is 9.85. The standard InChI is InChI=1S/C22H18N2OS/c23-22(25)18-8-4-7-16(12-18)19(11-15-5-2-1-3-6-15)17-9-10-21-20(13-17)24-14-26-21/h1-10,12-14,19H,11H2,(H2,23,25)/t19-/m1/s1. The highest BCUT2D eigenvalue weighted by Gasteiger charge is 2.17. The molecule has 1 aromatic heterocycles. The predicted molar refractivity (Wildman–Crippen MR) is 107 cm³/mol. The molecule has 0 radical (unpaired) electrons. The summed E-state index contributed by atoms with van der Waals surface area (Å²) in [5.74, 6) is -0.275. The van der Waals surface area contributed by atoms with Gasteiger partial charge >= 0.3 is 0 Å². The van der Waals surface area contributed by atoms with E-state index in [4.69, 9.17) is 5.73 Å². The number of primary amides is 1. The summed E-state index contributed by atoms with van der Waals surface area (Å²) in [4.78, 5) is 16.1. The second-order valence-electron chi connectivity index (χ2n) is 6.31. The Labute approximate surface area is 156 Å². The normalized spacial score (nSPS) is 12.2. The molecule has 0 aliphatic heterocycles. The minimum atomic E-state index is -0.403. The van der Waals surface area contributed by atoms with Crippen LogP contribution in [0, 0.1) is 0 Å². The van der Waals surface area contributed by atoms with Gasteiger partial charge in [-0.1, -0.05) is 48.5 Å². The smallest absolute Gasteiger partial charge is 0.248 e. The van der Waals surface area contributed by atoms with Crippen LogP contribution >= 0.6 is 11.3 Å². The molecule has 0 aliphatic carbocycles. The van der Waals surface area contributed by atoms with Gasteiger partial charge in [0.25, 0.3) is 0 Å². The highest BCUT2D eigenvalue weighted by Crippen LogP contribution is 2.31. The molecule has 2 N–H and O–H groups in total. The average Bonchev–Trinajstić information content (AvgIpc) is 3.15. The number of nitrogens with zero attached hydrogens (tertiary/aromatic N) is 1. The Kier molecular flexibility index (Phi) is 4.50. The third-order valence-electron chi connectivity index (χ3n) is 4.61. The zero-order valence-electron chi connectivity index (χ0n) is 14.1. The van der Waals surface area contributed by atoms with Gasteiger partial charge < -0.3 is 5.73 Å². The van der Waals surface area contributed by atoms with Crippen LogP contribution in [0.15, 0.2) is 78.3 Å². The highest BCUT2D eigenvalue weighted by atomic mass is 32.1. The average molecular weight is 358 g/mol. The van der Waals surface area contributed by atoms with Crippen LogP contribution in [-0.2, 0) is 6.42 Å². The van der Waals surface area contributed by atoms with Gasteiger partial charge in [0.15, 0.2) is 0 Å². The van der Waals surface area contributed by atoms with Crippen molar-refractivity contribution in [1.82, 2.24) is 4.98 Å². The van der Waals surface area contributed by atoms with Crippen molar-refractivity contribution in [3.05, 3.63) is 101 Å². The first-order valence-corrected chi connectivity index (χ1v) is 9.35. The first-order valence-electron chi connectivity index (χ1n) is 8.47. The Morgan fingerprint density at radius 1 is 0.962 bits per heavy atom. The number of rotatable bonds is 5. The first-order chi connectivity index (χ1) is 12.7. The van der Waals surface area contributed by atoms with Gasteiger partial charge in [-0.2, -0.15) is 0 Å². The molecule has 1 heterocycles. The van der Waals surface area contributed by atoms with E-state index < -0.39 is 5.91 Å². The summed E-state index contributed by atoms with van der Waals surface area (Å²) in [7, 11) is 0. The molecule has 0 saturated heterocycles. The Morgan fingerprint density at radius 2 is 1.77 bits per heavy atom. The van der Waals surface area contributed by atoms with E-state index in [9.17, 15) is 4.79 Å². The maximum atomic E-state index is 11.6. The van der Waals surface area contributed by atoms with E-state index in [1.165, 1.54) is 15.8 Å². The second kappa shape index (κ2) is 7.10. The second-order valence-corrected chi connectivity index (χ2v) is 7.20. The minimum Gasteiger partial charge on any atom is -0.366 e. The van der Waals surface area contributed by atoms with E-state index in [1.54, 1.807) is 17.4 Å². The van der Waals surface area contributed by atoms with Crippen LogP contribution < -0.4 is 5.73 Å². The van der Waals surface area contributed by atoms with E-state index >= 15 is 0 Å². The number of thiazole rings is 1. The molecule has 3 nitrogen and oxygen atoms in total. The predicted octanol–water partition coefficient (Wildman–Crippen LogP) is 4.77. The van der Waals surface area contributed by atoms with Crippen LogP contribution in [0.5, 0.6) is 0 Å². The fourth-order valence-electron chi connectivity index (χ4n) is 3.28. The maximum absolute atomic E-state index is 11.6. The minimum absolute atomic E-state index is 0.128. The van der Waals surface area contributed by atoms with Crippen LogP contribution in [0.25, 0.3) is 10.2 Å². The zero-order chi connectivity index (χ0) is 17.9. The van der Waals surface area contributed by atoms with E-state index in [0.717, 1.165) is 17.5 Å². The maximum Gasteiger partial charge on any atom is 0.248 e. The molecule has 0 saturated carbocycles. The lowest BCUT2D eigenvalue weighted by Crippen LogP contribution is -2.12. The van der Waals surface area contributed by atoms with E-state index in [2.05, 4.69) is 53.5 Å². The largest absolute Gasteiger partial charge is 0.366 e. The SMILES string of the molecule is NC(=O)c1cccc([C@@H](Cc2ccccc2)c2ccc3scnc3c2)c1. The van der Waals surface area contributed by atoms with Crippen molar-refractivity contribution in [2.75, 3.05) is 0 Å². The van der Waals surface area contributed by atoms with Gasteiger partial charge in [-0.05, 0) is 47.4 Å². The van der Waals surface area contributed by atoms with E-state index in [-0.39, 0.29) is 5.92 Å². The van der Waals surface area contributed by atoms with Gasteiger partial charge in [0.1, 0.15) is 0 Å². The van der Waals surface area contributed by atoms with Crippen LogP contribution in [0.4, 0.5) is 0 Å². The molecule has 0 fully saturated rings. The van der Waals surface area contributed by atoms with Crippen molar-refractivity contribution in [3.63, 3.8) is 0 Å². The molecule has 4 aromatic rings. The fraction of sp³-hybridized carbons (Fsp3) is 0.0909. The quantitative estimate of drug-likeness (QED) is 0.559. The van der Waals surface area contributed by atoms with Gasteiger partial charge in [-0.3, -0.25) is 4.79 Å². The Bertz CT molecular complexity index is 1060. The van der Waals surface area contributed by atoms with Crippen molar-refractivity contribution in [3.8, 4) is 0 Å². The molecular weight excluding hydrogens is 340 g/mol. The van der Waals surface area contributed by atoms with Crippen molar-refractivity contribution < 1.29 is 4.79 Å². The molecule has 1 atom stereocenters. The molecule has 0 aliphatic rings. The van der Waals surface area contributed by atoms with Crippen molar-refractivity contribution >= 4 is 27.5 Å². The summed E-state index contributed by atoms with van der Waals surface area (Å²) in [6, 6.07) is 24.4. The lowest BCUT2D eigenvalue weighted by molar-refractivity contribution is 0.1000. The van der Waals surface area contributed by atoms with Crippen molar-refractivity contribution in [1.29, 1.82) is 0 Å². The van der Waals surface area contributed by atoms with Gasteiger partial charge in [0.2, 0.25) is 5.91 Å². The number of hydrogen-bond acceptors (Lipinski definition) is 3. The van der Waals surface area contributed by atoms with Crippen molar-refractivity contribution in [2.24, 2.45) is 5.73 Å². The van der Waals surface area contributed by atoms with Gasteiger partial charge in [-0.15, -0.1) is 11.3 Å². The Morgan fingerprint density at radius 3 is 2.58 bits per heavy atom. The van der Waals surface area contributed by atoms with Crippen LogP contribution in [-0.4, -0.2) is 10.9 Å². The summed E-state index contributed by atoms with van der Waals surface area (Å²) in [6.07, 6.45) is 0.846. The molecular formula is C22H18N2OS. The molecule has 4 rings (SSSR count). The monoisotopic (exact) mass is 358 g/mol. The third-order valence-corrected chi connectivity index (χ3v) is 5.42. The summed E-state index contributed by atoms with van der Waals surface area (Å²) < 4.78 is 1.18. The zero-order valence-corrected chi connectivity index (χ0v) is 14.9. The molecule has 4 heteroatoms. The highest BCUT2D eigenvalue weighted by molar-refractivity contribution is 7.16. The molecule has 128 valence electrons. The lowest BCUT2D eigenvalue weighted by Gasteiger charge is -2.19. The van der Waals surface area contributed by atoms with E-state index in [0.29, 0.717) is 5.56 Å². The molecule has 0 unspecified atom stereocenters. The van der Waals surface area contributed by atoms with Crippen LogP contribution in [0.3, 0.4) is 0 Å². The number of aromatic nitrogens is 1. The number of hydrogen-bond donors (Lipinski definition) is 1. The first kappa shape index (κ1) is 16.5. The Hall–Kier alpha value is -2.98. The van der Waals surface area contributed by atoms with Gasteiger partial charge in [-0.25, -0.2) is 4.98 Å². The topological polar surface area (TPSA) is 56.0 Å². The summed E-state index contributed by atoms with van der Waals surface area (Å²) in [5.41, 5.74) is 12.4. The van der Waals surface area contributed by atoms with Gasteiger partial charge in [0.05, 0.1) is 15.7 Å². The van der Waals surface area contributed by atoms with Gasteiger partial charge in [0, 0.05) is 11.5 Å². The number of nitrogens with two attached hydrogens (primary N) is 1. The number of carbonyl (C=O) groups is 1. The molecule has 0 bridgehead atoms. The summed E-state index contributed by atoms with van der Waals surface area (Å²) in [6.45, 7) is 0. The Balaban J connectivity index is 1.80. The number of benzene rings is 3. The molecule has 1 amide bonds. The van der Waals surface area contributed by atoms with E-state index in [1.807, 2.05) is 23.7 Å². The molecule has 26 heavy (non-hydrogen) atoms. The molecule has 3 aromatic carbocycles. The fourth-order valence-corrected chi connectivity index (χ4v) is 3.94. The van der Waals surface area contributed by atoms with Crippen molar-refractivity contribution in [2.45, 2.75) is 12.3 Å². The number of fused-ring (bicyclic) bond motifs is 1. The van der Waals surface area contributed by atoms with Crippen LogP contribution in [0.1, 0.15) is 33.0 Å². The number of carbonyl (C=O) groups excluding carboxylic acids is 1. The summed E-state index contributed by atoms with van der Waals surface area (Å²) >= 11 is 1.64.